The monoisotopic (exact) mass is 281 g/mol. The van der Waals surface area contributed by atoms with Crippen LogP contribution in [-0.4, -0.2) is 34.9 Å². The van der Waals surface area contributed by atoms with Crippen molar-refractivity contribution in [2.45, 2.75) is 19.0 Å². The van der Waals surface area contributed by atoms with E-state index in [0.29, 0.717) is 5.69 Å². The fraction of sp³-hybridized carbons (Fsp3) is 0.294. The second-order valence-electron chi connectivity index (χ2n) is 5.39. The van der Waals surface area contributed by atoms with Gasteiger partial charge in [-0.1, -0.05) is 36.4 Å². The van der Waals surface area contributed by atoms with Gasteiger partial charge in [0.25, 0.3) is 5.91 Å². The minimum absolute atomic E-state index is 0.0813. The molecule has 1 aliphatic heterocycles. The Labute approximate surface area is 124 Å². The fourth-order valence-electron chi connectivity index (χ4n) is 2.69. The number of nitrogens with one attached hydrogen (secondary N) is 1. The second-order valence-corrected chi connectivity index (χ2v) is 5.39. The highest BCUT2D eigenvalue weighted by Crippen LogP contribution is 2.13. The van der Waals surface area contributed by atoms with Crippen molar-refractivity contribution in [3.8, 4) is 0 Å². The predicted octanol–water partition coefficient (Wildman–Crippen LogP) is 2.09. The standard InChI is InChI=1S/C17H19N3O/c21-17(16-8-4-5-10-18-16)19-15-9-11-20(13-15)12-14-6-2-1-3-7-14/h1-8,10,15H,9,11-13H2,(H,19,21)/t15-/m1/s1. The molecule has 1 fully saturated rings. The lowest BCUT2D eigenvalue weighted by molar-refractivity contribution is 0.0932. The van der Waals surface area contributed by atoms with E-state index in [2.05, 4.69) is 39.5 Å². The first-order chi connectivity index (χ1) is 10.3. The molecule has 2 aromatic rings. The quantitative estimate of drug-likeness (QED) is 0.933. The van der Waals surface area contributed by atoms with Crippen LogP contribution in [0.4, 0.5) is 0 Å². The number of carbonyl (C=O) groups is 1. The molecule has 1 N–H and O–H groups in total. The number of rotatable bonds is 4. The highest BCUT2D eigenvalue weighted by molar-refractivity contribution is 5.92. The Morgan fingerprint density at radius 1 is 1.19 bits per heavy atom. The molecule has 0 unspecified atom stereocenters. The molecule has 1 atom stereocenters. The number of benzene rings is 1. The van der Waals surface area contributed by atoms with E-state index in [0.717, 1.165) is 26.1 Å². The minimum atomic E-state index is -0.0813. The van der Waals surface area contributed by atoms with Gasteiger partial charge in [0, 0.05) is 31.9 Å². The third kappa shape index (κ3) is 3.67. The summed E-state index contributed by atoms with van der Waals surface area (Å²) in [5.41, 5.74) is 1.80. The van der Waals surface area contributed by atoms with Gasteiger partial charge in [0.15, 0.2) is 0 Å². The number of likely N-dealkylation sites (tertiary alicyclic amines) is 1. The van der Waals surface area contributed by atoms with E-state index in [-0.39, 0.29) is 11.9 Å². The Kier molecular flexibility index (Phi) is 4.26. The topological polar surface area (TPSA) is 45.2 Å². The Morgan fingerprint density at radius 3 is 2.76 bits per heavy atom. The summed E-state index contributed by atoms with van der Waals surface area (Å²) < 4.78 is 0. The summed E-state index contributed by atoms with van der Waals surface area (Å²) in [4.78, 5) is 18.5. The van der Waals surface area contributed by atoms with Crippen LogP contribution >= 0.6 is 0 Å². The summed E-state index contributed by atoms with van der Waals surface area (Å²) in [5, 5.41) is 3.07. The summed E-state index contributed by atoms with van der Waals surface area (Å²) >= 11 is 0. The van der Waals surface area contributed by atoms with Crippen LogP contribution in [-0.2, 0) is 6.54 Å². The average Bonchev–Trinajstić information content (AvgIpc) is 2.96. The van der Waals surface area contributed by atoms with Gasteiger partial charge in [-0.15, -0.1) is 0 Å². The molecule has 0 aliphatic carbocycles. The molecule has 108 valence electrons. The van der Waals surface area contributed by atoms with Gasteiger partial charge in [-0.05, 0) is 24.1 Å². The third-order valence-corrected chi connectivity index (χ3v) is 3.75. The maximum Gasteiger partial charge on any atom is 0.270 e. The molecule has 0 spiro atoms. The smallest absolute Gasteiger partial charge is 0.270 e. The normalized spacial score (nSPS) is 18.6. The van der Waals surface area contributed by atoms with Crippen molar-refractivity contribution in [3.05, 3.63) is 66.0 Å². The molecule has 0 saturated carbocycles. The van der Waals surface area contributed by atoms with Gasteiger partial charge in [0.2, 0.25) is 0 Å². The predicted molar refractivity (Wildman–Crippen MR) is 81.8 cm³/mol. The van der Waals surface area contributed by atoms with Crippen molar-refractivity contribution in [1.29, 1.82) is 0 Å². The highest BCUT2D eigenvalue weighted by Gasteiger charge is 2.24. The lowest BCUT2D eigenvalue weighted by atomic mass is 10.2. The molecule has 0 bridgehead atoms. The number of hydrogen-bond acceptors (Lipinski definition) is 3. The van der Waals surface area contributed by atoms with Crippen LogP contribution in [0, 0.1) is 0 Å². The molecule has 4 nitrogen and oxygen atoms in total. The van der Waals surface area contributed by atoms with E-state index in [9.17, 15) is 4.79 Å². The zero-order valence-electron chi connectivity index (χ0n) is 11.9. The molecule has 1 aliphatic rings. The first-order valence-corrected chi connectivity index (χ1v) is 7.29. The number of amides is 1. The molecular formula is C17H19N3O. The molecule has 4 heteroatoms. The van der Waals surface area contributed by atoms with Crippen molar-refractivity contribution in [3.63, 3.8) is 0 Å². The minimum Gasteiger partial charge on any atom is -0.347 e. The molecule has 1 aromatic heterocycles. The van der Waals surface area contributed by atoms with Gasteiger partial charge < -0.3 is 5.32 Å². The number of nitrogens with zero attached hydrogens (tertiary/aromatic N) is 2. The molecule has 1 saturated heterocycles. The van der Waals surface area contributed by atoms with Gasteiger partial charge >= 0.3 is 0 Å². The largest absolute Gasteiger partial charge is 0.347 e. The van der Waals surface area contributed by atoms with E-state index >= 15 is 0 Å². The van der Waals surface area contributed by atoms with Gasteiger partial charge in [0.1, 0.15) is 5.69 Å². The Morgan fingerprint density at radius 2 is 2.00 bits per heavy atom. The van der Waals surface area contributed by atoms with E-state index in [1.165, 1.54) is 5.56 Å². The summed E-state index contributed by atoms with van der Waals surface area (Å²) in [6.45, 7) is 2.85. The highest BCUT2D eigenvalue weighted by atomic mass is 16.1. The number of carbonyl (C=O) groups excluding carboxylic acids is 1. The zero-order chi connectivity index (χ0) is 14.5. The molecule has 1 amide bonds. The maximum atomic E-state index is 12.1. The van der Waals surface area contributed by atoms with Crippen LogP contribution in [0.25, 0.3) is 0 Å². The van der Waals surface area contributed by atoms with Gasteiger partial charge in [-0.25, -0.2) is 0 Å². The Balaban J connectivity index is 1.52. The second kappa shape index (κ2) is 6.50. The fourth-order valence-corrected chi connectivity index (χ4v) is 2.69. The van der Waals surface area contributed by atoms with Gasteiger partial charge in [-0.2, -0.15) is 0 Å². The summed E-state index contributed by atoms with van der Waals surface area (Å²) in [6, 6.07) is 16.0. The van der Waals surface area contributed by atoms with Crippen molar-refractivity contribution < 1.29 is 4.79 Å². The molecule has 3 rings (SSSR count). The first-order valence-electron chi connectivity index (χ1n) is 7.29. The summed E-state index contributed by atoms with van der Waals surface area (Å²) in [6.07, 6.45) is 2.64. The van der Waals surface area contributed by atoms with Crippen LogP contribution in [0.1, 0.15) is 22.5 Å². The SMILES string of the molecule is O=C(N[C@@H]1CCN(Cc2ccccc2)C1)c1ccccn1. The average molecular weight is 281 g/mol. The van der Waals surface area contributed by atoms with Gasteiger partial charge in [0.05, 0.1) is 0 Å². The van der Waals surface area contributed by atoms with Gasteiger partial charge in [-0.3, -0.25) is 14.7 Å². The van der Waals surface area contributed by atoms with Crippen molar-refractivity contribution in [1.82, 2.24) is 15.2 Å². The number of pyridine rings is 1. The lowest BCUT2D eigenvalue weighted by Crippen LogP contribution is -2.37. The van der Waals surface area contributed by atoms with Crippen LogP contribution in [0.2, 0.25) is 0 Å². The van der Waals surface area contributed by atoms with Crippen LogP contribution in [0.15, 0.2) is 54.7 Å². The van der Waals surface area contributed by atoms with Crippen LogP contribution in [0.5, 0.6) is 0 Å². The molecule has 0 radical (unpaired) electrons. The van der Waals surface area contributed by atoms with Crippen molar-refractivity contribution in [2.24, 2.45) is 0 Å². The Bertz CT molecular complexity index is 585. The Hall–Kier alpha value is -2.20. The molecule has 21 heavy (non-hydrogen) atoms. The van der Waals surface area contributed by atoms with Crippen molar-refractivity contribution in [2.75, 3.05) is 13.1 Å². The lowest BCUT2D eigenvalue weighted by Gasteiger charge is -2.16. The van der Waals surface area contributed by atoms with Crippen molar-refractivity contribution >= 4 is 5.91 Å². The van der Waals surface area contributed by atoms with E-state index in [1.54, 1.807) is 12.3 Å². The van der Waals surface area contributed by atoms with E-state index in [4.69, 9.17) is 0 Å². The van der Waals surface area contributed by atoms with Crippen LogP contribution in [0.3, 0.4) is 0 Å². The maximum absolute atomic E-state index is 12.1. The third-order valence-electron chi connectivity index (χ3n) is 3.75. The summed E-state index contributed by atoms with van der Waals surface area (Å²) in [5.74, 6) is -0.0813. The molecule has 2 heterocycles. The summed E-state index contributed by atoms with van der Waals surface area (Å²) in [7, 11) is 0. The molecular weight excluding hydrogens is 262 g/mol. The van der Waals surface area contributed by atoms with E-state index in [1.807, 2.05) is 18.2 Å². The van der Waals surface area contributed by atoms with Crippen LogP contribution < -0.4 is 5.32 Å². The van der Waals surface area contributed by atoms with E-state index < -0.39 is 0 Å². The number of hydrogen-bond donors (Lipinski definition) is 1. The molecule has 1 aromatic carbocycles. The number of aromatic nitrogens is 1. The first kappa shape index (κ1) is 13.8. The zero-order valence-corrected chi connectivity index (χ0v) is 11.9.